The van der Waals surface area contributed by atoms with E-state index in [0.29, 0.717) is 123 Å². The quantitative estimate of drug-likeness (QED) is 0.0471. The van der Waals surface area contributed by atoms with Crippen LogP contribution in [0, 0.1) is 84.1 Å². The number of nitrogens with zero attached hydrogens (tertiary/aromatic N) is 11. The van der Waals surface area contributed by atoms with E-state index in [-0.39, 0.29) is 134 Å². The van der Waals surface area contributed by atoms with Gasteiger partial charge >= 0.3 is 113 Å². The monoisotopic (exact) mass is 1290 g/mol. The van der Waals surface area contributed by atoms with Gasteiger partial charge in [0.1, 0.15) is 0 Å². The molecule has 0 spiro atoms. The molecule has 2 heterocycles. The summed E-state index contributed by atoms with van der Waals surface area (Å²) in [6.45, 7) is 8.23. The minimum absolute atomic E-state index is 0. The second kappa shape index (κ2) is 37.2. The summed E-state index contributed by atoms with van der Waals surface area (Å²) in [6.07, 6.45) is 0. The van der Waals surface area contributed by atoms with E-state index in [4.69, 9.17) is 5.53 Å². The van der Waals surface area contributed by atoms with Gasteiger partial charge in [-0.25, -0.2) is 0 Å². The molecule has 0 atom stereocenters. The van der Waals surface area contributed by atoms with Gasteiger partial charge in [0.05, 0.1) is 45.8 Å². The fourth-order valence-corrected chi connectivity index (χ4v) is 7.58. The number of carbonyl (C=O) groups is 7. The molecule has 0 saturated carbocycles. The fourth-order valence-electron chi connectivity index (χ4n) is 7.58. The Hall–Kier alpha value is -3.55. The molecule has 2 saturated heterocycles. The van der Waals surface area contributed by atoms with Crippen LogP contribution in [-0.4, -0.2) is 267 Å². The number of Topliss-reactive ketones (excluding diaryl/α,β-unsaturated/α-hetero) is 1. The van der Waals surface area contributed by atoms with E-state index in [1.807, 2.05) is 21.6 Å². The molecule has 2 aliphatic heterocycles. The number of carboxylic acid groups (broad SMARTS) is 6. The number of azide groups is 1. The van der Waals surface area contributed by atoms with Crippen molar-refractivity contribution in [2.75, 3.05) is 151 Å². The zero-order chi connectivity index (χ0) is 50.0. The van der Waals surface area contributed by atoms with Gasteiger partial charge in [-0.1, -0.05) is 59.2 Å². The Bertz CT molecular complexity index is 1960. The van der Waals surface area contributed by atoms with Crippen molar-refractivity contribution < 1.29 is 147 Å². The molecule has 0 bridgehead atoms. The number of aliphatic carboxylic acids is 6. The summed E-state index contributed by atoms with van der Waals surface area (Å²) in [7, 11) is 0. The third kappa shape index (κ3) is 30.3. The summed E-state index contributed by atoms with van der Waals surface area (Å²) in [5, 5.41) is 59.1. The first-order valence-corrected chi connectivity index (χ1v) is 22.2. The maximum absolute atomic E-state index is 12.9. The maximum atomic E-state index is 12.9. The number of ketones is 1. The number of rotatable bonds is 18. The van der Waals surface area contributed by atoms with Crippen molar-refractivity contribution in [3.63, 3.8) is 0 Å². The first-order chi connectivity index (χ1) is 32.4. The summed E-state index contributed by atoms with van der Waals surface area (Å²) in [4.78, 5) is 98.0. The summed E-state index contributed by atoms with van der Waals surface area (Å²) in [6, 6.07) is 14.4. The van der Waals surface area contributed by atoms with Crippen molar-refractivity contribution in [1.29, 1.82) is 0 Å². The van der Waals surface area contributed by atoms with Gasteiger partial charge in [-0.2, -0.15) is 0 Å². The summed E-state index contributed by atoms with van der Waals surface area (Å²) >= 11 is 0. The van der Waals surface area contributed by atoms with Crippen molar-refractivity contribution >= 4 is 47.3 Å². The molecule has 71 heavy (non-hydrogen) atoms. The van der Waals surface area contributed by atoms with Gasteiger partial charge < -0.3 is 36.1 Å². The number of hydrogen-bond acceptors (Lipinski definition) is 16. The molecule has 0 aliphatic carbocycles. The van der Waals surface area contributed by atoms with E-state index in [0.717, 1.165) is 5.56 Å². The SMILES string of the molecule is Cc1ccc(CN2CCN(CC(=O)O)CCN(CC(=O)O)CCN(CC(=O)O)CC2)cc1.O.[N-]=[N+]=Nc1ccc(C(=O)CN2CCN(CC(=O)O)CCN(CC(=O)O)CCN(CC(=O)O)CC2)cc1.[Tb+4].[Tb+4]. The van der Waals surface area contributed by atoms with Crippen molar-refractivity contribution in [2.24, 2.45) is 5.11 Å². The molecular formula is C44H67N11O14Tb2+8. The van der Waals surface area contributed by atoms with E-state index in [9.17, 15) is 64.2 Å². The second-order valence-corrected chi connectivity index (χ2v) is 16.7. The van der Waals surface area contributed by atoms with Crippen molar-refractivity contribution in [2.45, 2.75) is 13.5 Å². The van der Waals surface area contributed by atoms with Crippen LogP contribution in [0.1, 0.15) is 21.5 Å². The Balaban J connectivity index is 0.00000133. The van der Waals surface area contributed by atoms with Crippen LogP contribution in [-0.2, 0) is 35.3 Å². The number of hydrogen-bond donors (Lipinski definition) is 6. The molecule has 8 N–H and O–H groups in total. The van der Waals surface area contributed by atoms with Gasteiger partial charge in [-0.15, -0.1) is 0 Å². The zero-order valence-corrected chi connectivity index (χ0v) is 44.0. The van der Waals surface area contributed by atoms with Gasteiger partial charge in [0.25, 0.3) is 0 Å². The Kier molecular flexibility index (Phi) is 35.4. The van der Waals surface area contributed by atoms with Crippen molar-refractivity contribution in [1.82, 2.24) is 39.2 Å². The number of aryl methyl sites for hydroxylation is 1. The number of benzene rings is 2. The van der Waals surface area contributed by atoms with Crippen LogP contribution in [0.15, 0.2) is 53.6 Å². The smallest absolute Gasteiger partial charge is 0.480 e. The van der Waals surface area contributed by atoms with E-state index in [2.05, 4.69) is 39.2 Å². The minimum atomic E-state index is -1.02. The molecular weight excluding hydrogens is 1220 g/mol. The van der Waals surface area contributed by atoms with Crippen LogP contribution < -0.4 is 0 Å². The molecule has 392 valence electrons. The fraction of sp³-hybridized carbons (Fsp3) is 0.568. The van der Waals surface area contributed by atoms with Crippen molar-refractivity contribution in [3.8, 4) is 0 Å². The molecule has 2 aliphatic rings. The Labute approximate surface area is 474 Å². The van der Waals surface area contributed by atoms with Gasteiger partial charge in [0, 0.05) is 127 Å². The number of carboxylic acids is 6. The predicted molar refractivity (Wildman–Crippen MR) is 251 cm³/mol. The summed E-state index contributed by atoms with van der Waals surface area (Å²) in [5.41, 5.74) is 11.6. The summed E-state index contributed by atoms with van der Waals surface area (Å²) in [5.74, 6) is -6.02. The Morgan fingerprint density at radius 2 is 0.690 bits per heavy atom. The molecule has 2 fully saturated rings. The van der Waals surface area contributed by atoms with Crippen LogP contribution in [0.5, 0.6) is 0 Å². The van der Waals surface area contributed by atoms with Crippen molar-refractivity contribution in [3.05, 3.63) is 75.7 Å². The zero-order valence-electron chi connectivity index (χ0n) is 39.7. The first kappa shape index (κ1) is 67.5. The van der Waals surface area contributed by atoms with E-state index >= 15 is 0 Å². The molecule has 0 aromatic heterocycles. The molecule has 2 radical (unpaired) electrons. The Morgan fingerprint density at radius 1 is 0.437 bits per heavy atom. The standard InChI is InChI=1S/C22H31N7O7.C22H34N4O6.H2O.2Tb/c23-25-24-18-3-1-17(2-4-18)19(30)13-26-5-7-27(14-20(31)32)9-11-29(16-22(35)36)12-10-28(8-6-26)15-21(33)34;1-18-2-4-19(5-3-18)14-23-6-8-24(15-20(27)28)10-12-26(17-22(31)32)13-11-25(9-7-23)16-21(29)30;;;/h1-4H,5-16H2,(H,31,32)(H,33,34)(H,35,36);2-5H,6-17H2,1H3,(H,27,28)(H,29,30)(H,31,32);1H2;;/q;;;2*+4. The average molecular weight is 1290 g/mol. The minimum Gasteiger partial charge on any atom is -0.480 e. The molecule has 25 nitrogen and oxygen atoms in total. The van der Waals surface area contributed by atoms with E-state index < -0.39 is 35.8 Å². The normalized spacial score (nSPS) is 17.1. The van der Waals surface area contributed by atoms with Gasteiger partial charge in [0.2, 0.25) is 0 Å². The predicted octanol–water partition coefficient (Wildman–Crippen LogP) is -0.568. The van der Waals surface area contributed by atoms with E-state index in [1.54, 1.807) is 31.7 Å². The average Bonchev–Trinajstić information content (AvgIpc) is 3.25. The molecule has 2 aromatic carbocycles. The van der Waals surface area contributed by atoms with Crippen LogP contribution >= 0.6 is 0 Å². The first-order valence-electron chi connectivity index (χ1n) is 22.2. The third-order valence-corrected chi connectivity index (χ3v) is 11.3. The largest absolute Gasteiger partial charge is 4.00 e. The Morgan fingerprint density at radius 3 is 0.944 bits per heavy atom. The van der Waals surface area contributed by atoms with Crippen LogP contribution in [0.3, 0.4) is 0 Å². The van der Waals surface area contributed by atoms with Crippen LogP contribution in [0.2, 0.25) is 0 Å². The maximum Gasteiger partial charge on any atom is 4.00 e. The molecule has 0 amide bonds. The van der Waals surface area contributed by atoms with Crippen LogP contribution in [0.4, 0.5) is 5.69 Å². The third-order valence-electron chi connectivity index (χ3n) is 11.3. The second-order valence-electron chi connectivity index (χ2n) is 16.7. The van der Waals surface area contributed by atoms with Gasteiger partial charge in [-0.3, -0.25) is 72.8 Å². The molecule has 27 heteroatoms. The molecule has 2 aromatic rings. The van der Waals surface area contributed by atoms with E-state index in [1.165, 1.54) is 17.7 Å². The summed E-state index contributed by atoms with van der Waals surface area (Å²) < 4.78 is 0. The number of carbonyl (C=O) groups excluding carboxylic acids is 1. The van der Waals surface area contributed by atoms with Gasteiger partial charge in [-0.05, 0) is 18.0 Å². The van der Waals surface area contributed by atoms with Gasteiger partial charge in [0.15, 0.2) is 5.78 Å². The molecule has 4 rings (SSSR count). The molecule has 0 unspecified atom stereocenters. The van der Waals surface area contributed by atoms with Crippen LogP contribution in [0.25, 0.3) is 10.4 Å². The topological polar surface area (TPSA) is 347 Å².